The maximum absolute atomic E-state index is 11.7. The molecule has 2 aliphatic rings. The smallest absolute Gasteiger partial charge is 0.225 e. The number of halogens is 1. The van der Waals surface area contributed by atoms with Gasteiger partial charge in [-0.15, -0.1) is 12.4 Å². The second-order valence-electron chi connectivity index (χ2n) is 3.89. The summed E-state index contributed by atoms with van der Waals surface area (Å²) in [7, 11) is 0. The molecule has 2 rings (SSSR count). The highest BCUT2D eigenvalue weighted by Crippen LogP contribution is 2.20. The Kier molecular flexibility index (Phi) is 3.56. The van der Waals surface area contributed by atoms with E-state index in [1.165, 1.54) is 6.42 Å². The first-order valence-corrected chi connectivity index (χ1v) is 4.78. The minimum atomic E-state index is 0. The molecule has 0 bridgehead atoms. The van der Waals surface area contributed by atoms with Gasteiger partial charge in [-0.1, -0.05) is 6.92 Å². The maximum Gasteiger partial charge on any atom is 0.225 e. The first kappa shape index (κ1) is 10.8. The second-order valence-corrected chi connectivity index (χ2v) is 3.89. The van der Waals surface area contributed by atoms with Crippen molar-refractivity contribution in [3.8, 4) is 0 Å². The number of nitrogens with zero attached hydrogens (tertiary/aromatic N) is 1. The first-order valence-electron chi connectivity index (χ1n) is 4.78. The molecular formula is C9H17ClN2O. The Morgan fingerprint density at radius 1 is 1.46 bits per heavy atom. The molecule has 1 amide bonds. The van der Waals surface area contributed by atoms with Crippen LogP contribution in [-0.2, 0) is 4.79 Å². The van der Waals surface area contributed by atoms with Gasteiger partial charge in [0, 0.05) is 19.0 Å². The number of hydrogen-bond donors (Lipinski definition) is 1. The van der Waals surface area contributed by atoms with Crippen LogP contribution in [0.3, 0.4) is 0 Å². The summed E-state index contributed by atoms with van der Waals surface area (Å²) >= 11 is 0. The van der Waals surface area contributed by atoms with Crippen LogP contribution in [0.15, 0.2) is 0 Å². The Balaban J connectivity index is 0.000000845. The molecule has 4 heteroatoms. The van der Waals surface area contributed by atoms with Gasteiger partial charge in [0.05, 0.1) is 0 Å². The van der Waals surface area contributed by atoms with Crippen LogP contribution in [0.2, 0.25) is 0 Å². The van der Waals surface area contributed by atoms with E-state index in [2.05, 4.69) is 12.2 Å². The molecule has 13 heavy (non-hydrogen) atoms. The molecule has 0 spiro atoms. The van der Waals surface area contributed by atoms with E-state index >= 15 is 0 Å². The third kappa shape index (κ3) is 1.97. The number of amides is 1. The van der Waals surface area contributed by atoms with Gasteiger partial charge in [-0.25, -0.2) is 0 Å². The van der Waals surface area contributed by atoms with Crippen LogP contribution in [0.1, 0.15) is 13.3 Å². The molecular weight excluding hydrogens is 188 g/mol. The van der Waals surface area contributed by atoms with Gasteiger partial charge in [-0.3, -0.25) is 4.79 Å². The zero-order valence-corrected chi connectivity index (χ0v) is 8.77. The minimum Gasteiger partial charge on any atom is -0.342 e. The predicted molar refractivity (Wildman–Crippen MR) is 54.0 cm³/mol. The highest BCUT2D eigenvalue weighted by atomic mass is 35.5. The summed E-state index contributed by atoms with van der Waals surface area (Å²) in [5, 5.41) is 3.20. The maximum atomic E-state index is 11.7. The van der Waals surface area contributed by atoms with Crippen molar-refractivity contribution >= 4 is 18.3 Å². The van der Waals surface area contributed by atoms with Gasteiger partial charge < -0.3 is 10.2 Å². The van der Waals surface area contributed by atoms with E-state index in [0.29, 0.717) is 11.8 Å². The van der Waals surface area contributed by atoms with E-state index in [9.17, 15) is 4.79 Å². The number of hydrogen-bond acceptors (Lipinski definition) is 2. The Morgan fingerprint density at radius 3 is 2.38 bits per heavy atom. The van der Waals surface area contributed by atoms with Crippen molar-refractivity contribution in [3.63, 3.8) is 0 Å². The average Bonchev–Trinajstić information content (AvgIpc) is 1.79. The van der Waals surface area contributed by atoms with Gasteiger partial charge in [-0.05, 0) is 25.4 Å². The van der Waals surface area contributed by atoms with E-state index in [4.69, 9.17) is 0 Å². The normalized spacial score (nSPS) is 23.9. The lowest BCUT2D eigenvalue weighted by atomic mass is 9.87. The topological polar surface area (TPSA) is 32.3 Å². The molecule has 0 aliphatic carbocycles. The third-order valence-corrected chi connectivity index (χ3v) is 3.08. The van der Waals surface area contributed by atoms with E-state index in [-0.39, 0.29) is 18.3 Å². The van der Waals surface area contributed by atoms with Crippen molar-refractivity contribution in [1.82, 2.24) is 10.2 Å². The number of rotatable bonds is 2. The molecule has 0 aromatic carbocycles. The SMILES string of the molecule is CC(C(=O)N1CCC1)C1CNC1.Cl. The zero-order valence-electron chi connectivity index (χ0n) is 7.95. The fraction of sp³-hybridized carbons (Fsp3) is 0.889. The Hall–Kier alpha value is -0.280. The van der Waals surface area contributed by atoms with E-state index in [1.807, 2.05) is 4.90 Å². The van der Waals surface area contributed by atoms with Crippen LogP contribution in [0.5, 0.6) is 0 Å². The number of nitrogens with one attached hydrogen (secondary N) is 1. The minimum absolute atomic E-state index is 0. The molecule has 1 unspecified atom stereocenters. The van der Waals surface area contributed by atoms with Crippen molar-refractivity contribution in [1.29, 1.82) is 0 Å². The van der Waals surface area contributed by atoms with E-state index in [0.717, 1.165) is 26.2 Å². The zero-order chi connectivity index (χ0) is 8.55. The molecule has 0 saturated carbocycles. The molecule has 0 aromatic heterocycles. The quantitative estimate of drug-likeness (QED) is 0.711. The molecule has 2 fully saturated rings. The van der Waals surface area contributed by atoms with Crippen molar-refractivity contribution in [2.75, 3.05) is 26.2 Å². The first-order chi connectivity index (χ1) is 5.79. The lowest BCUT2D eigenvalue weighted by Crippen LogP contribution is -2.53. The lowest BCUT2D eigenvalue weighted by molar-refractivity contribution is -0.140. The van der Waals surface area contributed by atoms with Crippen LogP contribution in [0.4, 0.5) is 0 Å². The van der Waals surface area contributed by atoms with Gasteiger partial charge in [0.25, 0.3) is 0 Å². The molecule has 0 radical (unpaired) electrons. The van der Waals surface area contributed by atoms with Crippen LogP contribution < -0.4 is 5.32 Å². The highest BCUT2D eigenvalue weighted by Gasteiger charge is 2.33. The number of carbonyl (C=O) groups is 1. The molecule has 2 aliphatic heterocycles. The Labute approximate surface area is 85.3 Å². The summed E-state index contributed by atoms with van der Waals surface area (Å²) in [5.41, 5.74) is 0. The van der Waals surface area contributed by atoms with Crippen LogP contribution >= 0.6 is 12.4 Å². The van der Waals surface area contributed by atoms with Crippen molar-refractivity contribution in [2.24, 2.45) is 11.8 Å². The van der Waals surface area contributed by atoms with Gasteiger partial charge in [0.2, 0.25) is 5.91 Å². The van der Waals surface area contributed by atoms with Crippen LogP contribution in [0.25, 0.3) is 0 Å². The third-order valence-electron chi connectivity index (χ3n) is 3.08. The van der Waals surface area contributed by atoms with E-state index < -0.39 is 0 Å². The van der Waals surface area contributed by atoms with Gasteiger partial charge in [0.15, 0.2) is 0 Å². The summed E-state index contributed by atoms with van der Waals surface area (Å²) in [5.74, 6) is 1.21. The van der Waals surface area contributed by atoms with Crippen molar-refractivity contribution < 1.29 is 4.79 Å². The molecule has 3 nitrogen and oxygen atoms in total. The number of likely N-dealkylation sites (tertiary alicyclic amines) is 1. The fourth-order valence-corrected chi connectivity index (χ4v) is 1.69. The van der Waals surface area contributed by atoms with Crippen LogP contribution in [0, 0.1) is 11.8 Å². The molecule has 76 valence electrons. The molecule has 0 aromatic rings. The Morgan fingerprint density at radius 2 is 2.08 bits per heavy atom. The van der Waals surface area contributed by atoms with Crippen LogP contribution in [-0.4, -0.2) is 37.0 Å². The van der Waals surface area contributed by atoms with Gasteiger partial charge in [0.1, 0.15) is 0 Å². The van der Waals surface area contributed by atoms with Crippen molar-refractivity contribution in [2.45, 2.75) is 13.3 Å². The summed E-state index contributed by atoms with van der Waals surface area (Å²) in [4.78, 5) is 13.6. The molecule has 1 N–H and O–H groups in total. The van der Waals surface area contributed by atoms with Crippen molar-refractivity contribution in [3.05, 3.63) is 0 Å². The predicted octanol–water partition coefficient (Wildman–Crippen LogP) is 0.496. The summed E-state index contributed by atoms with van der Waals surface area (Å²) in [6.07, 6.45) is 1.20. The molecule has 2 heterocycles. The summed E-state index contributed by atoms with van der Waals surface area (Å²) < 4.78 is 0. The summed E-state index contributed by atoms with van der Waals surface area (Å²) in [6.45, 7) is 6.10. The monoisotopic (exact) mass is 204 g/mol. The lowest BCUT2D eigenvalue weighted by Gasteiger charge is -2.38. The Bertz CT molecular complexity index is 190. The van der Waals surface area contributed by atoms with Gasteiger partial charge in [-0.2, -0.15) is 0 Å². The average molecular weight is 205 g/mol. The standard InChI is InChI=1S/C9H16N2O.ClH/c1-7(8-5-10-6-8)9(12)11-3-2-4-11;/h7-8,10H,2-6H2,1H3;1H. The fourth-order valence-electron chi connectivity index (χ4n) is 1.69. The molecule has 1 atom stereocenters. The highest BCUT2D eigenvalue weighted by molar-refractivity contribution is 5.85. The second kappa shape index (κ2) is 4.29. The van der Waals surface area contributed by atoms with Gasteiger partial charge >= 0.3 is 0 Å². The summed E-state index contributed by atoms with van der Waals surface area (Å²) in [6, 6.07) is 0. The number of carbonyl (C=O) groups excluding carboxylic acids is 1. The largest absolute Gasteiger partial charge is 0.342 e. The molecule has 2 saturated heterocycles. The van der Waals surface area contributed by atoms with E-state index in [1.54, 1.807) is 0 Å².